The number of nitrogens with zero attached hydrogens (tertiary/aromatic N) is 6. The molecule has 0 aliphatic carbocycles. The summed E-state index contributed by atoms with van der Waals surface area (Å²) in [6.45, 7) is 3.28. The first-order valence-electron chi connectivity index (χ1n) is 10.7. The maximum absolute atomic E-state index is 13.0. The highest BCUT2D eigenvalue weighted by atomic mass is 19.1. The van der Waals surface area contributed by atoms with Crippen LogP contribution in [-0.2, 0) is 0 Å². The van der Waals surface area contributed by atoms with Gasteiger partial charge in [0.25, 0.3) is 0 Å². The lowest BCUT2D eigenvalue weighted by molar-refractivity contribution is 0.243. The van der Waals surface area contributed by atoms with Crippen molar-refractivity contribution in [2.24, 2.45) is 9.98 Å². The smallest absolute Gasteiger partial charge is 0.341 e. The number of hydrogen-bond acceptors (Lipinski definition) is 7. The zero-order valence-electron chi connectivity index (χ0n) is 18.8. The van der Waals surface area contributed by atoms with E-state index in [9.17, 15) is 13.6 Å². The van der Waals surface area contributed by atoms with Crippen molar-refractivity contribution < 1.29 is 13.6 Å². The van der Waals surface area contributed by atoms with Gasteiger partial charge in [-0.3, -0.25) is 9.98 Å². The number of amides is 2. The fraction of sp³-hybridized carbons (Fsp3) is 0.348. The molecule has 2 aromatic heterocycles. The quantitative estimate of drug-likeness (QED) is 0.453. The van der Waals surface area contributed by atoms with Gasteiger partial charge in [0.1, 0.15) is 18.2 Å². The van der Waals surface area contributed by atoms with E-state index >= 15 is 0 Å². The minimum atomic E-state index is -0.990. The van der Waals surface area contributed by atoms with Gasteiger partial charge in [0, 0.05) is 62.0 Å². The molecule has 0 radical (unpaired) electrons. The number of aliphatic imine (C=N–C) groups is 2. The van der Waals surface area contributed by atoms with Crippen LogP contribution in [0.4, 0.5) is 19.4 Å². The SMILES string of the molecule is C=C(F)/C=C\C(CF)=NC(=O)NC1CCN(c2nnc(C(CC=N)=NC)c3ccncc23)CC1. The molecule has 9 nitrogen and oxygen atoms in total. The normalized spacial score (nSPS) is 15.7. The number of hydrogen-bond donors (Lipinski definition) is 2. The van der Waals surface area contributed by atoms with E-state index in [2.05, 4.69) is 42.0 Å². The van der Waals surface area contributed by atoms with E-state index in [0.29, 0.717) is 49.6 Å². The lowest BCUT2D eigenvalue weighted by Gasteiger charge is -2.33. The second-order valence-electron chi connectivity index (χ2n) is 7.60. The summed E-state index contributed by atoms with van der Waals surface area (Å²) in [5.74, 6) is -0.0584. The maximum atomic E-state index is 13.0. The molecule has 0 saturated carbocycles. The summed E-state index contributed by atoms with van der Waals surface area (Å²) in [4.78, 5) is 26.4. The van der Waals surface area contributed by atoms with Crippen molar-refractivity contribution in [3.05, 3.63) is 48.7 Å². The van der Waals surface area contributed by atoms with Gasteiger partial charge in [-0.15, -0.1) is 10.2 Å². The second-order valence-corrected chi connectivity index (χ2v) is 7.60. The number of anilines is 1. The third-order valence-corrected chi connectivity index (χ3v) is 5.36. The number of allylic oxidation sites excluding steroid dienone is 3. The minimum Gasteiger partial charge on any atom is -0.354 e. The average Bonchev–Trinajstić information content (AvgIpc) is 2.85. The molecule has 0 bridgehead atoms. The molecule has 3 heterocycles. The van der Waals surface area contributed by atoms with Crippen molar-refractivity contribution in [3.63, 3.8) is 0 Å². The number of carbonyl (C=O) groups excluding carboxylic acids is 1. The third-order valence-electron chi connectivity index (χ3n) is 5.36. The van der Waals surface area contributed by atoms with Crippen LogP contribution in [0.3, 0.4) is 0 Å². The summed E-state index contributed by atoms with van der Waals surface area (Å²) in [5, 5.41) is 20.7. The number of urea groups is 1. The van der Waals surface area contributed by atoms with Crippen molar-refractivity contribution in [1.82, 2.24) is 20.5 Å². The average molecular weight is 469 g/mol. The summed E-state index contributed by atoms with van der Waals surface area (Å²) >= 11 is 0. The zero-order chi connectivity index (χ0) is 24.5. The van der Waals surface area contributed by atoms with Crippen LogP contribution in [0.1, 0.15) is 25.0 Å². The van der Waals surface area contributed by atoms with Gasteiger partial charge >= 0.3 is 6.03 Å². The Labute approximate surface area is 195 Å². The summed E-state index contributed by atoms with van der Waals surface area (Å²) < 4.78 is 25.7. The molecule has 2 N–H and O–H groups in total. The molecule has 1 fully saturated rings. The number of carbonyl (C=O) groups is 1. The second kappa shape index (κ2) is 11.8. The molecular weight excluding hydrogens is 442 g/mol. The van der Waals surface area contributed by atoms with Crippen LogP contribution in [0.15, 0.2) is 53.0 Å². The van der Waals surface area contributed by atoms with Crippen LogP contribution in [0, 0.1) is 5.41 Å². The first-order chi connectivity index (χ1) is 16.5. The van der Waals surface area contributed by atoms with Gasteiger partial charge in [-0.25, -0.2) is 13.6 Å². The number of fused-ring (bicyclic) bond motifs is 1. The predicted octanol–water partition coefficient (Wildman–Crippen LogP) is 3.61. The molecule has 0 aromatic carbocycles. The van der Waals surface area contributed by atoms with Crippen LogP contribution < -0.4 is 10.2 Å². The van der Waals surface area contributed by atoms with Gasteiger partial charge in [0.05, 0.1) is 11.4 Å². The highest BCUT2D eigenvalue weighted by molar-refractivity contribution is 6.14. The van der Waals surface area contributed by atoms with Gasteiger partial charge in [-0.05, 0) is 31.1 Å². The summed E-state index contributed by atoms with van der Waals surface area (Å²) in [7, 11) is 1.66. The maximum Gasteiger partial charge on any atom is 0.341 e. The molecule has 0 unspecified atom stereocenters. The Kier molecular flexibility index (Phi) is 8.60. The molecular formula is C23H26F2N8O. The number of alkyl halides is 1. The first-order valence-corrected chi connectivity index (χ1v) is 10.7. The highest BCUT2D eigenvalue weighted by Crippen LogP contribution is 2.28. The van der Waals surface area contributed by atoms with Crippen LogP contribution in [0.5, 0.6) is 0 Å². The van der Waals surface area contributed by atoms with Crippen LogP contribution >= 0.6 is 0 Å². The van der Waals surface area contributed by atoms with Crippen LogP contribution in [0.2, 0.25) is 0 Å². The number of aromatic nitrogens is 3. The van der Waals surface area contributed by atoms with Crippen molar-refractivity contribution in [2.75, 3.05) is 31.7 Å². The Balaban J connectivity index is 1.71. The Morgan fingerprint density at radius 2 is 2.09 bits per heavy atom. The molecule has 2 aromatic rings. The molecule has 0 atom stereocenters. The van der Waals surface area contributed by atoms with Gasteiger partial charge in [0.2, 0.25) is 0 Å². The van der Waals surface area contributed by atoms with E-state index < -0.39 is 18.5 Å². The topological polar surface area (TPSA) is 120 Å². The Morgan fingerprint density at radius 3 is 2.74 bits per heavy atom. The van der Waals surface area contributed by atoms with E-state index in [1.165, 1.54) is 6.21 Å². The van der Waals surface area contributed by atoms with Gasteiger partial charge in [-0.2, -0.15) is 4.99 Å². The largest absolute Gasteiger partial charge is 0.354 e. The van der Waals surface area contributed by atoms with Crippen molar-refractivity contribution >= 4 is 40.3 Å². The number of nitrogens with one attached hydrogen (secondary N) is 2. The molecule has 1 aliphatic rings. The zero-order valence-corrected chi connectivity index (χ0v) is 18.8. The fourth-order valence-corrected chi connectivity index (χ4v) is 3.69. The Morgan fingerprint density at radius 1 is 1.32 bits per heavy atom. The third kappa shape index (κ3) is 6.12. The Hall–Kier alpha value is -3.89. The molecule has 178 valence electrons. The lowest BCUT2D eigenvalue weighted by atomic mass is 10.0. The monoisotopic (exact) mass is 468 g/mol. The number of halogens is 2. The standard InChI is InChI=1S/C23H26F2N8O/c1-15(25)3-4-17(13-24)30-23(34)29-16-7-11-33(12-8-16)22-19-14-28-10-6-18(19)21(31-32-22)20(27-2)5-9-26/h3-4,6,9-10,14,16,26H,1,5,7-8,11-13H2,2H3,(H,29,34)/b4-3-,26-9?,27-20?,30-17?. The number of rotatable bonds is 8. The molecule has 34 heavy (non-hydrogen) atoms. The molecule has 1 aliphatic heterocycles. The molecule has 1 saturated heterocycles. The molecule has 2 amide bonds. The first kappa shape index (κ1) is 24.7. The van der Waals surface area contributed by atoms with E-state index in [1.54, 1.807) is 19.4 Å². The van der Waals surface area contributed by atoms with Crippen LogP contribution in [0.25, 0.3) is 10.8 Å². The highest BCUT2D eigenvalue weighted by Gasteiger charge is 2.24. The number of pyridine rings is 1. The minimum absolute atomic E-state index is 0.142. The van der Waals surface area contributed by atoms with E-state index in [1.807, 2.05) is 6.07 Å². The fourth-order valence-electron chi connectivity index (χ4n) is 3.69. The summed E-state index contributed by atoms with van der Waals surface area (Å²) in [6, 6.07) is 1.05. The Bertz CT molecular complexity index is 1150. The summed E-state index contributed by atoms with van der Waals surface area (Å²) in [6.07, 6.45) is 8.35. The van der Waals surface area contributed by atoms with Crippen molar-refractivity contribution in [3.8, 4) is 0 Å². The van der Waals surface area contributed by atoms with Crippen molar-refractivity contribution in [1.29, 1.82) is 5.41 Å². The van der Waals surface area contributed by atoms with Crippen LogP contribution in [-0.4, -0.2) is 71.7 Å². The van der Waals surface area contributed by atoms with E-state index in [0.717, 1.165) is 22.9 Å². The van der Waals surface area contributed by atoms with E-state index in [-0.39, 0.29) is 11.8 Å². The van der Waals surface area contributed by atoms with Gasteiger partial charge < -0.3 is 15.6 Å². The lowest BCUT2D eigenvalue weighted by Crippen LogP contribution is -2.44. The van der Waals surface area contributed by atoms with Crippen molar-refractivity contribution in [2.45, 2.75) is 25.3 Å². The summed E-state index contributed by atoms with van der Waals surface area (Å²) in [5.41, 5.74) is 1.12. The molecule has 0 spiro atoms. The van der Waals surface area contributed by atoms with Gasteiger partial charge in [0.15, 0.2) is 5.82 Å². The predicted molar refractivity (Wildman–Crippen MR) is 130 cm³/mol. The molecule has 3 rings (SSSR count). The number of piperidine rings is 1. The van der Waals surface area contributed by atoms with Gasteiger partial charge in [-0.1, -0.05) is 6.58 Å². The van der Waals surface area contributed by atoms with E-state index in [4.69, 9.17) is 5.41 Å². The molecule has 11 heteroatoms.